The quantitative estimate of drug-likeness (QED) is 0.850. The number of sulfonamides is 1. The first-order chi connectivity index (χ1) is 8.90. The summed E-state index contributed by atoms with van der Waals surface area (Å²) in [5.41, 5.74) is 4.94. The summed E-state index contributed by atoms with van der Waals surface area (Å²) in [6, 6.07) is 8.35. The average Bonchev–Trinajstić information content (AvgIpc) is 2.32. The van der Waals surface area contributed by atoms with Crippen molar-refractivity contribution in [1.82, 2.24) is 0 Å². The zero-order chi connectivity index (χ0) is 14.0. The summed E-state index contributed by atoms with van der Waals surface area (Å²) in [4.78, 5) is -0.392. The molecule has 2 aromatic carbocycles. The zero-order valence-electron chi connectivity index (χ0n) is 9.60. The maximum Gasteiger partial charge on any atom is 0.264 e. The van der Waals surface area contributed by atoms with Gasteiger partial charge in [-0.3, -0.25) is 4.72 Å². The molecule has 2 aromatic rings. The Labute approximate surface area is 108 Å². The van der Waals surface area contributed by atoms with Crippen LogP contribution in [0.15, 0.2) is 47.4 Å². The van der Waals surface area contributed by atoms with Gasteiger partial charge >= 0.3 is 0 Å². The van der Waals surface area contributed by atoms with Crippen LogP contribution in [0.4, 0.5) is 20.2 Å². The number of benzene rings is 2. The van der Waals surface area contributed by atoms with Crippen LogP contribution in [-0.4, -0.2) is 8.42 Å². The Hall–Kier alpha value is -2.15. The first-order valence-electron chi connectivity index (χ1n) is 5.22. The predicted octanol–water partition coefficient (Wildman–Crippen LogP) is 2.35. The first kappa shape index (κ1) is 13.3. The Morgan fingerprint density at radius 3 is 2.42 bits per heavy atom. The number of hydrogen-bond donors (Lipinski definition) is 2. The number of nitrogens with two attached hydrogens (primary N) is 1. The second-order valence-corrected chi connectivity index (χ2v) is 5.42. The molecule has 7 heteroatoms. The van der Waals surface area contributed by atoms with Gasteiger partial charge in [0.15, 0.2) is 0 Å². The molecule has 0 saturated heterocycles. The molecule has 0 aliphatic heterocycles. The minimum Gasteiger partial charge on any atom is -0.395 e. The Morgan fingerprint density at radius 2 is 1.74 bits per heavy atom. The highest BCUT2D eigenvalue weighted by Crippen LogP contribution is 2.23. The van der Waals surface area contributed by atoms with Gasteiger partial charge in [0.05, 0.1) is 11.4 Å². The number of rotatable bonds is 3. The minimum atomic E-state index is -4.06. The lowest BCUT2D eigenvalue weighted by atomic mass is 10.3. The number of para-hydroxylation sites is 1. The summed E-state index contributed by atoms with van der Waals surface area (Å²) in [6.45, 7) is 0. The third-order valence-electron chi connectivity index (χ3n) is 2.38. The standard InChI is InChI=1S/C12H10F2N2O2S/c13-8-3-1-4-9(7-8)16-19(17,18)11-6-2-5-10(14)12(11)15/h1-7,16H,15H2. The molecular weight excluding hydrogens is 274 g/mol. The number of nitrogen functional groups attached to an aromatic ring is 1. The van der Waals surface area contributed by atoms with Gasteiger partial charge in [-0.1, -0.05) is 12.1 Å². The highest BCUT2D eigenvalue weighted by Gasteiger charge is 2.19. The molecule has 0 amide bonds. The van der Waals surface area contributed by atoms with Gasteiger partial charge in [-0.05, 0) is 30.3 Å². The molecule has 19 heavy (non-hydrogen) atoms. The van der Waals surface area contributed by atoms with E-state index >= 15 is 0 Å². The molecule has 0 radical (unpaired) electrons. The van der Waals surface area contributed by atoms with Crippen molar-refractivity contribution in [2.75, 3.05) is 10.5 Å². The van der Waals surface area contributed by atoms with E-state index in [1.165, 1.54) is 30.3 Å². The van der Waals surface area contributed by atoms with Crippen LogP contribution in [0, 0.1) is 11.6 Å². The van der Waals surface area contributed by atoms with Crippen molar-refractivity contribution in [2.45, 2.75) is 4.90 Å². The van der Waals surface area contributed by atoms with E-state index in [1.54, 1.807) is 0 Å². The zero-order valence-corrected chi connectivity index (χ0v) is 10.4. The Balaban J connectivity index is 2.41. The minimum absolute atomic E-state index is 0.0312. The van der Waals surface area contributed by atoms with E-state index in [9.17, 15) is 17.2 Å². The van der Waals surface area contributed by atoms with E-state index in [2.05, 4.69) is 4.72 Å². The summed E-state index contributed by atoms with van der Waals surface area (Å²) in [5.74, 6) is -1.42. The molecule has 0 saturated carbocycles. The van der Waals surface area contributed by atoms with Gasteiger partial charge < -0.3 is 5.73 Å². The lowest BCUT2D eigenvalue weighted by molar-refractivity contribution is 0.597. The molecule has 4 nitrogen and oxygen atoms in total. The maximum absolute atomic E-state index is 13.2. The monoisotopic (exact) mass is 284 g/mol. The van der Waals surface area contributed by atoms with Crippen LogP contribution < -0.4 is 10.5 Å². The summed E-state index contributed by atoms with van der Waals surface area (Å²) >= 11 is 0. The van der Waals surface area contributed by atoms with E-state index in [4.69, 9.17) is 5.73 Å². The van der Waals surface area contributed by atoms with Crippen LogP contribution in [0.2, 0.25) is 0 Å². The average molecular weight is 284 g/mol. The number of hydrogen-bond acceptors (Lipinski definition) is 3. The SMILES string of the molecule is Nc1c(F)cccc1S(=O)(=O)Nc1cccc(F)c1. The molecule has 0 aromatic heterocycles. The van der Waals surface area contributed by atoms with Crippen molar-refractivity contribution in [3.05, 3.63) is 54.1 Å². The second-order valence-electron chi connectivity index (χ2n) is 3.77. The topological polar surface area (TPSA) is 72.2 Å². The maximum atomic E-state index is 13.2. The first-order valence-corrected chi connectivity index (χ1v) is 6.71. The molecular formula is C12H10F2N2O2S. The fourth-order valence-electron chi connectivity index (χ4n) is 1.51. The Bertz CT molecular complexity index is 717. The van der Waals surface area contributed by atoms with Gasteiger partial charge in [-0.15, -0.1) is 0 Å². The fourth-order valence-corrected chi connectivity index (χ4v) is 2.71. The van der Waals surface area contributed by atoms with Gasteiger partial charge in [0.2, 0.25) is 0 Å². The van der Waals surface area contributed by atoms with E-state index in [0.717, 1.165) is 12.1 Å². The number of anilines is 2. The third-order valence-corrected chi connectivity index (χ3v) is 3.82. The molecule has 0 unspecified atom stereocenters. The summed E-state index contributed by atoms with van der Waals surface area (Å²) in [5, 5.41) is 0. The van der Waals surface area contributed by atoms with Crippen LogP contribution in [0.5, 0.6) is 0 Å². The smallest absolute Gasteiger partial charge is 0.264 e. The van der Waals surface area contributed by atoms with Crippen LogP contribution in [0.3, 0.4) is 0 Å². The Kier molecular flexibility index (Phi) is 3.39. The van der Waals surface area contributed by atoms with Crippen LogP contribution in [0.25, 0.3) is 0 Å². The van der Waals surface area contributed by atoms with E-state index in [-0.39, 0.29) is 5.69 Å². The highest BCUT2D eigenvalue weighted by atomic mass is 32.2. The Morgan fingerprint density at radius 1 is 1.05 bits per heavy atom. The molecule has 0 aliphatic carbocycles. The molecule has 0 aliphatic rings. The van der Waals surface area contributed by atoms with E-state index in [1.807, 2.05) is 0 Å². The van der Waals surface area contributed by atoms with Gasteiger partial charge in [-0.2, -0.15) is 0 Å². The second kappa shape index (κ2) is 4.85. The van der Waals surface area contributed by atoms with E-state index < -0.39 is 32.2 Å². The lowest BCUT2D eigenvalue weighted by Crippen LogP contribution is -2.15. The molecule has 100 valence electrons. The summed E-state index contributed by atoms with van der Waals surface area (Å²) in [7, 11) is -4.06. The fraction of sp³-hybridized carbons (Fsp3) is 0. The molecule has 0 fully saturated rings. The number of nitrogens with one attached hydrogen (secondary N) is 1. The van der Waals surface area contributed by atoms with Gasteiger partial charge in [-0.25, -0.2) is 17.2 Å². The van der Waals surface area contributed by atoms with Crippen molar-refractivity contribution < 1.29 is 17.2 Å². The lowest BCUT2D eigenvalue weighted by Gasteiger charge is -2.10. The van der Waals surface area contributed by atoms with Gasteiger partial charge in [0.25, 0.3) is 10.0 Å². The van der Waals surface area contributed by atoms with Crippen molar-refractivity contribution >= 4 is 21.4 Å². The van der Waals surface area contributed by atoms with Crippen molar-refractivity contribution in [2.24, 2.45) is 0 Å². The summed E-state index contributed by atoms with van der Waals surface area (Å²) in [6.07, 6.45) is 0. The predicted molar refractivity (Wildman–Crippen MR) is 68.0 cm³/mol. The van der Waals surface area contributed by atoms with Crippen LogP contribution in [-0.2, 0) is 10.0 Å². The molecule has 2 rings (SSSR count). The molecule has 0 bridgehead atoms. The summed E-state index contributed by atoms with van der Waals surface area (Å²) < 4.78 is 52.3. The van der Waals surface area contributed by atoms with Crippen molar-refractivity contribution in [3.63, 3.8) is 0 Å². The number of halogens is 2. The molecule has 0 heterocycles. The third kappa shape index (κ3) is 2.82. The van der Waals surface area contributed by atoms with Crippen molar-refractivity contribution in [1.29, 1.82) is 0 Å². The van der Waals surface area contributed by atoms with Gasteiger partial charge in [0.1, 0.15) is 16.5 Å². The van der Waals surface area contributed by atoms with E-state index in [0.29, 0.717) is 0 Å². The van der Waals surface area contributed by atoms with Crippen LogP contribution >= 0.6 is 0 Å². The molecule has 0 atom stereocenters. The highest BCUT2D eigenvalue weighted by molar-refractivity contribution is 7.92. The molecule has 0 spiro atoms. The van der Waals surface area contributed by atoms with Crippen molar-refractivity contribution in [3.8, 4) is 0 Å². The van der Waals surface area contributed by atoms with Gasteiger partial charge in [0, 0.05) is 0 Å². The normalized spacial score (nSPS) is 11.3. The molecule has 3 N–H and O–H groups in total. The largest absolute Gasteiger partial charge is 0.395 e. The van der Waals surface area contributed by atoms with Crippen LogP contribution in [0.1, 0.15) is 0 Å².